The van der Waals surface area contributed by atoms with Gasteiger partial charge in [-0.3, -0.25) is 0 Å². The largest absolute Gasteiger partial charge is 0.308 e. The molecule has 0 saturated heterocycles. The van der Waals surface area contributed by atoms with E-state index >= 15 is 0 Å². The lowest BCUT2D eigenvalue weighted by molar-refractivity contribution is 1.09. The van der Waals surface area contributed by atoms with Crippen molar-refractivity contribution < 1.29 is 0 Å². The van der Waals surface area contributed by atoms with Crippen LogP contribution in [0.25, 0.3) is 11.4 Å². The quantitative estimate of drug-likeness (QED) is 0.660. The monoisotopic (exact) mass is 312 g/mol. The predicted molar refractivity (Wildman–Crippen MR) is 72.7 cm³/mol. The molecule has 1 aromatic heterocycles. The maximum atomic E-state index is 5.96. The number of rotatable bonds is 2. The third-order valence-corrected chi connectivity index (χ3v) is 3.10. The molecular formula is C11H10BrClN4. The molecule has 17 heavy (non-hydrogen) atoms. The number of aromatic nitrogens is 2. The first-order chi connectivity index (χ1) is 8.10. The van der Waals surface area contributed by atoms with Gasteiger partial charge >= 0.3 is 0 Å². The summed E-state index contributed by atoms with van der Waals surface area (Å²) in [5.74, 6) is 6.50. The number of hydrazine groups is 1. The van der Waals surface area contributed by atoms with Crippen molar-refractivity contribution in [2.24, 2.45) is 5.84 Å². The van der Waals surface area contributed by atoms with Crippen LogP contribution >= 0.6 is 27.5 Å². The molecule has 3 N–H and O–H groups in total. The molecular weight excluding hydrogens is 304 g/mol. The first kappa shape index (κ1) is 12.3. The molecule has 1 aromatic carbocycles. The van der Waals surface area contributed by atoms with Gasteiger partial charge in [0.1, 0.15) is 5.82 Å². The Bertz CT molecular complexity index is 559. The van der Waals surface area contributed by atoms with Gasteiger partial charge in [-0.2, -0.15) is 0 Å². The molecule has 2 aromatic rings. The highest BCUT2D eigenvalue weighted by Crippen LogP contribution is 2.29. The van der Waals surface area contributed by atoms with Crippen molar-refractivity contribution in [1.82, 2.24) is 9.97 Å². The second-order valence-corrected chi connectivity index (χ2v) is 4.78. The van der Waals surface area contributed by atoms with E-state index in [2.05, 4.69) is 31.3 Å². The number of nitrogen functional groups attached to an aromatic ring is 1. The lowest BCUT2D eigenvalue weighted by Crippen LogP contribution is -2.10. The molecule has 1 heterocycles. The maximum absolute atomic E-state index is 5.96. The summed E-state index contributed by atoms with van der Waals surface area (Å²) >= 11 is 9.41. The van der Waals surface area contributed by atoms with E-state index < -0.39 is 0 Å². The normalized spacial score (nSPS) is 10.4. The Kier molecular flexibility index (Phi) is 3.61. The van der Waals surface area contributed by atoms with Gasteiger partial charge in [0.15, 0.2) is 5.82 Å². The Balaban J connectivity index is 2.59. The number of anilines is 1. The molecule has 0 amide bonds. The molecule has 6 heteroatoms. The Morgan fingerprint density at radius 1 is 1.29 bits per heavy atom. The number of nitrogens with two attached hydrogens (primary N) is 1. The zero-order chi connectivity index (χ0) is 12.4. The van der Waals surface area contributed by atoms with Gasteiger partial charge in [0.05, 0.1) is 0 Å². The Morgan fingerprint density at radius 2 is 2.06 bits per heavy atom. The highest BCUT2D eigenvalue weighted by atomic mass is 79.9. The Labute approximate surface area is 112 Å². The number of nitrogens with zero attached hydrogens (tertiary/aromatic N) is 2. The van der Waals surface area contributed by atoms with Crippen molar-refractivity contribution in [1.29, 1.82) is 0 Å². The molecule has 0 aliphatic heterocycles. The van der Waals surface area contributed by atoms with E-state index in [1.165, 1.54) is 0 Å². The fourth-order valence-electron chi connectivity index (χ4n) is 1.43. The minimum atomic E-state index is 0.569. The van der Waals surface area contributed by atoms with Gasteiger partial charge in [-0.25, -0.2) is 15.8 Å². The first-order valence-electron chi connectivity index (χ1n) is 4.88. The van der Waals surface area contributed by atoms with E-state index in [4.69, 9.17) is 17.4 Å². The number of nitrogens with one attached hydrogen (secondary N) is 1. The van der Waals surface area contributed by atoms with Crippen LogP contribution < -0.4 is 11.3 Å². The van der Waals surface area contributed by atoms with Gasteiger partial charge < -0.3 is 5.43 Å². The molecule has 0 unspecified atom stereocenters. The second-order valence-electron chi connectivity index (χ2n) is 3.49. The standard InChI is InChI=1S/C11H10BrClN4/c1-6-4-10(17-14)16-11(15-6)8-5-7(13)2-3-9(8)12/h2-5H,14H2,1H3,(H,15,16,17). The predicted octanol–water partition coefficient (Wildman–Crippen LogP) is 3.15. The van der Waals surface area contributed by atoms with Crippen LogP contribution in [-0.4, -0.2) is 9.97 Å². The van der Waals surface area contributed by atoms with Crippen LogP contribution in [-0.2, 0) is 0 Å². The molecule has 0 aliphatic carbocycles. The zero-order valence-electron chi connectivity index (χ0n) is 9.04. The highest BCUT2D eigenvalue weighted by molar-refractivity contribution is 9.10. The van der Waals surface area contributed by atoms with Crippen LogP contribution in [0, 0.1) is 6.92 Å². The van der Waals surface area contributed by atoms with Crippen molar-refractivity contribution >= 4 is 33.3 Å². The number of halogens is 2. The minimum Gasteiger partial charge on any atom is -0.308 e. The molecule has 0 atom stereocenters. The summed E-state index contributed by atoms with van der Waals surface area (Å²) in [6.45, 7) is 1.88. The summed E-state index contributed by atoms with van der Waals surface area (Å²) in [7, 11) is 0. The van der Waals surface area contributed by atoms with Gasteiger partial charge in [0.2, 0.25) is 0 Å². The van der Waals surface area contributed by atoms with Crippen LogP contribution in [0.1, 0.15) is 5.69 Å². The summed E-state index contributed by atoms with van der Waals surface area (Å²) in [6.07, 6.45) is 0. The second kappa shape index (κ2) is 5.00. The van der Waals surface area contributed by atoms with Crippen molar-refractivity contribution in [3.63, 3.8) is 0 Å². The smallest absolute Gasteiger partial charge is 0.162 e. The molecule has 0 bridgehead atoms. The van der Waals surface area contributed by atoms with Gasteiger partial charge in [-0.1, -0.05) is 27.5 Å². The molecule has 0 saturated carbocycles. The topological polar surface area (TPSA) is 63.8 Å². The van der Waals surface area contributed by atoms with E-state index in [0.29, 0.717) is 16.7 Å². The summed E-state index contributed by atoms with van der Waals surface area (Å²) in [6, 6.07) is 7.23. The number of aryl methyl sites for hydroxylation is 1. The van der Waals surface area contributed by atoms with Crippen LogP contribution in [0.15, 0.2) is 28.7 Å². The van der Waals surface area contributed by atoms with Crippen molar-refractivity contribution in [2.45, 2.75) is 6.92 Å². The fourth-order valence-corrected chi connectivity index (χ4v) is 2.03. The van der Waals surface area contributed by atoms with Crippen LogP contribution in [0.5, 0.6) is 0 Å². The third-order valence-electron chi connectivity index (χ3n) is 2.17. The van der Waals surface area contributed by atoms with Crippen molar-refractivity contribution in [2.75, 3.05) is 5.43 Å². The number of benzene rings is 1. The van der Waals surface area contributed by atoms with Gasteiger partial charge in [-0.05, 0) is 25.1 Å². The summed E-state index contributed by atoms with van der Waals surface area (Å²) in [5.41, 5.74) is 4.17. The average Bonchev–Trinajstić information content (AvgIpc) is 2.31. The van der Waals surface area contributed by atoms with Gasteiger partial charge in [0, 0.05) is 26.8 Å². The molecule has 0 aliphatic rings. The van der Waals surface area contributed by atoms with E-state index in [1.807, 2.05) is 13.0 Å². The van der Waals surface area contributed by atoms with Gasteiger partial charge in [0.25, 0.3) is 0 Å². The lowest BCUT2D eigenvalue weighted by atomic mass is 10.2. The fraction of sp³-hybridized carbons (Fsp3) is 0.0909. The Hall–Kier alpha value is -1.17. The molecule has 88 valence electrons. The molecule has 2 rings (SSSR count). The van der Waals surface area contributed by atoms with E-state index in [-0.39, 0.29) is 0 Å². The lowest BCUT2D eigenvalue weighted by Gasteiger charge is -2.07. The van der Waals surface area contributed by atoms with Crippen molar-refractivity contribution in [3.8, 4) is 11.4 Å². The van der Waals surface area contributed by atoms with Crippen LogP contribution in [0.4, 0.5) is 5.82 Å². The molecule has 4 nitrogen and oxygen atoms in total. The molecule has 0 radical (unpaired) electrons. The van der Waals surface area contributed by atoms with E-state index in [0.717, 1.165) is 15.7 Å². The van der Waals surface area contributed by atoms with E-state index in [1.54, 1.807) is 18.2 Å². The zero-order valence-corrected chi connectivity index (χ0v) is 11.4. The highest BCUT2D eigenvalue weighted by Gasteiger charge is 2.09. The summed E-state index contributed by atoms with van der Waals surface area (Å²) in [4.78, 5) is 8.65. The minimum absolute atomic E-state index is 0.569. The summed E-state index contributed by atoms with van der Waals surface area (Å²) in [5, 5.41) is 0.635. The Morgan fingerprint density at radius 3 is 2.76 bits per heavy atom. The van der Waals surface area contributed by atoms with Crippen LogP contribution in [0.2, 0.25) is 5.02 Å². The average molecular weight is 314 g/mol. The molecule has 0 spiro atoms. The number of hydrogen-bond donors (Lipinski definition) is 2. The maximum Gasteiger partial charge on any atom is 0.162 e. The number of hydrogen-bond acceptors (Lipinski definition) is 4. The first-order valence-corrected chi connectivity index (χ1v) is 6.05. The third kappa shape index (κ3) is 2.74. The van der Waals surface area contributed by atoms with Crippen molar-refractivity contribution in [3.05, 3.63) is 39.5 Å². The SMILES string of the molecule is Cc1cc(NN)nc(-c2cc(Cl)ccc2Br)n1. The molecule has 0 fully saturated rings. The van der Waals surface area contributed by atoms with E-state index in [9.17, 15) is 0 Å². The van der Waals surface area contributed by atoms with Crippen LogP contribution in [0.3, 0.4) is 0 Å². The van der Waals surface area contributed by atoms with Gasteiger partial charge in [-0.15, -0.1) is 0 Å². The summed E-state index contributed by atoms with van der Waals surface area (Å²) < 4.78 is 0.885.